The average molecular weight is 332 g/mol. The summed E-state index contributed by atoms with van der Waals surface area (Å²) >= 11 is 5.22. The van der Waals surface area contributed by atoms with Gasteiger partial charge in [0, 0.05) is 0 Å². The van der Waals surface area contributed by atoms with Crippen LogP contribution in [0.4, 0.5) is 10.1 Å². The van der Waals surface area contributed by atoms with Gasteiger partial charge in [-0.25, -0.2) is 4.39 Å². The van der Waals surface area contributed by atoms with Gasteiger partial charge in [0.25, 0.3) is 0 Å². The summed E-state index contributed by atoms with van der Waals surface area (Å²) < 4.78 is 13.7. The molecule has 3 nitrogen and oxygen atoms in total. The van der Waals surface area contributed by atoms with Crippen LogP contribution in [-0.4, -0.2) is 11.0 Å². The van der Waals surface area contributed by atoms with E-state index in [2.05, 4.69) is 10.6 Å². The molecule has 5 rings (SSSR count). The molecule has 0 heterocycles. The molecule has 0 atom stereocenters. The number of nitrogens with one attached hydrogen (secondary N) is 2. The molecule has 4 fully saturated rings. The Hall–Kier alpha value is -1.49. The van der Waals surface area contributed by atoms with Gasteiger partial charge >= 0.3 is 0 Å². The third-order valence-electron chi connectivity index (χ3n) is 5.87. The molecule has 23 heavy (non-hydrogen) atoms. The molecule has 0 aliphatic heterocycles. The van der Waals surface area contributed by atoms with Crippen LogP contribution in [0, 0.1) is 29.0 Å². The maximum Gasteiger partial charge on any atom is 0.232 e. The second kappa shape index (κ2) is 5.55. The number of hydrogen-bond donors (Lipinski definition) is 2. The average Bonchev–Trinajstić information content (AvgIpc) is 2.48. The zero-order valence-corrected chi connectivity index (χ0v) is 13.8. The molecular weight excluding hydrogens is 311 g/mol. The molecule has 2 N–H and O–H groups in total. The molecule has 0 aromatic heterocycles. The number of rotatable bonds is 2. The Morgan fingerprint density at radius 2 is 1.65 bits per heavy atom. The summed E-state index contributed by atoms with van der Waals surface area (Å²) in [5.41, 5.74) is 0.0544. The molecule has 0 saturated heterocycles. The maximum atomic E-state index is 13.7. The lowest BCUT2D eigenvalue weighted by atomic mass is 9.49. The first kappa shape index (κ1) is 15.1. The van der Waals surface area contributed by atoms with E-state index in [4.69, 9.17) is 12.2 Å². The molecule has 4 saturated carbocycles. The Bertz CT molecular complexity index is 625. The van der Waals surface area contributed by atoms with Crippen molar-refractivity contribution in [2.75, 3.05) is 5.32 Å². The molecule has 1 aromatic carbocycles. The highest BCUT2D eigenvalue weighted by Gasteiger charge is 2.54. The van der Waals surface area contributed by atoms with E-state index in [0.29, 0.717) is 23.4 Å². The smallest absolute Gasteiger partial charge is 0.232 e. The minimum absolute atomic E-state index is 0.0328. The highest BCUT2D eigenvalue weighted by molar-refractivity contribution is 7.80. The molecular formula is C18H21FN2OS. The topological polar surface area (TPSA) is 41.1 Å². The van der Waals surface area contributed by atoms with Crippen molar-refractivity contribution < 1.29 is 9.18 Å². The van der Waals surface area contributed by atoms with Crippen molar-refractivity contribution in [1.29, 1.82) is 0 Å². The third kappa shape index (κ3) is 2.75. The van der Waals surface area contributed by atoms with Crippen LogP contribution < -0.4 is 10.6 Å². The van der Waals surface area contributed by atoms with Gasteiger partial charge in [-0.2, -0.15) is 0 Å². The summed E-state index contributed by atoms with van der Waals surface area (Å²) in [5.74, 6) is 1.78. The summed E-state index contributed by atoms with van der Waals surface area (Å²) in [6.07, 6.45) is 6.87. The van der Waals surface area contributed by atoms with Gasteiger partial charge in [0.05, 0.1) is 11.1 Å². The monoisotopic (exact) mass is 332 g/mol. The third-order valence-corrected chi connectivity index (χ3v) is 6.07. The molecule has 0 spiro atoms. The number of hydrogen-bond acceptors (Lipinski definition) is 2. The van der Waals surface area contributed by atoms with Gasteiger partial charge in [-0.05, 0) is 80.6 Å². The van der Waals surface area contributed by atoms with Crippen molar-refractivity contribution in [2.45, 2.75) is 38.5 Å². The van der Waals surface area contributed by atoms with E-state index in [0.717, 1.165) is 19.3 Å². The van der Waals surface area contributed by atoms with Crippen molar-refractivity contribution in [3.63, 3.8) is 0 Å². The van der Waals surface area contributed by atoms with Crippen molar-refractivity contribution in [2.24, 2.45) is 23.2 Å². The predicted molar refractivity (Wildman–Crippen MR) is 91.4 cm³/mol. The summed E-state index contributed by atoms with van der Waals surface area (Å²) in [6, 6.07) is 6.33. The van der Waals surface area contributed by atoms with Gasteiger partial charge < -0.3 is 10.6 Å². The van der Waals surface area contributed by atoms with Gasteiger partial charge in [-0.15, -0.1) is 0 Å². The highest BCUT2D eigenvalue weighted by Crippen LogP contribution is 2.60. The van der Waals surface area contributed by atoms with Crippen LogP contribution in [0.5, 0.6) is 0 Å². The van der Waals surface area contributed by atoms with Crippen molar-refractivity contribution in [3.8, 4) is 0 Å². The van der Waals surface area contributed by atoms with Crippen LogP contribution in [0.15, 0.2) is 24.3 Å². The zero-order chi connectivity index (χ0) is 16.0. The Kier molecular flexibility index (Phi) is 3.63. The number of carbonyl (C=O) groups excluding carboxylic acids is 1. The number of amides is 1. The molecule has 1 aromatic rings. The quantitative estimate of drug-likeness (QED) is 0.808. The second-order valence-electron chi connectivity index (χ2n) is 7.59. The molecule has 0 radical (unpaired) electrons. The number of halogens is 1. The van der Waals surface area contributed by atoms with Crippen molar-refractivity contribution in [1.82, 2.24) is 5.32 Å². The number of benzene rings is 1. The Morgan fingerprint density at radius 1 is 1.09 bits per heavy atom. The fraction of sp³-hybridized carbons (Fsp3) is 0.556. The van der Waals surface area contributed by atoms with Crippen molar-refractivity contribution in [3.05, 3.63) is 30.1 Å². The fourth-order valence-electron chi connectivity index (χ4n) is 5.34. The van der Waals surface area contributed by atoms with Gasteiger partial charge in [-0.3, -0.25) is 4.79 Å². The molecule has 122 valence electrons. The zero-order valence-electron chi connectivity index (χ0n) is 13.0. The van der Waals surface area contributed by atoms with E-state index in [1.165, 1.54) is 25.3 Å². The van der Waals surface area contributed by atoms with Crippen LogP contribution >= 0.6 is 12.2 Å². The Labute approximate surface area is 141 Å². The lowest BCUT2D eigenvalue weighted by Gasteiger charge is -2.55. The van der Waals surface area contributed by atoms with Crippen LogP contribution in [0.25, 0.3) is 0 Å². The largest absolute Gasteiger partial charge is 0.330 e. The SMILES string of the molecule is O=C(NC(=S)Nc1ccccc1F)C12CC3CC(CC(C3)C1)C2. The molecule has 4 bridgehead atoms. The van der Waals surface area contributed by atoms with Gasteiger partial charge in [-0.1, -0.05) is 12.1 Å². The highest BCUT2D eigenvalue weighted by atomic mass is 32.1. The predicted octanol–water partition coefficient (Wildman–Crippen LogP) is 3.86. The minimum atomic E-state index is -0.376. The van der Waals surface area contributed by atoms with Crippen LogP contribution in [0.3, 0.4) is 0 Å². The minimum Gasteiger partial charge on any atom is -0.330 e. The molecule has 4 aliphatic rings. The Morgan fingerprint density at radius 3 is 2.22 bits per heavy atom. The van der Waals surface area contributed by atoms with Crippen LogP contribution in [0.1, 0.15) is 38.5 Å². The van der Waals surface area contributed by atoms with E-state index in [-0.39, 0.29) is 22.3 Å². The molecule has 1 amide bonds. The lowest BCUT2D eigenvalue weighted by Crippen LogP contribution is -2.55. The van der Waals surface area contributed by atoms with E-state index >= 15 is 0 Å². The van der Waals surface area contributed by atoms with E-state index in [1.807, 2.05) is 0 Å². The number of thiocarbonyl (C=S) groups is 1. The maximum absolute atomic E-state index is 13.7. The second-order valence-corrected chi connectivity index (χ2v) is 7.99. The number of carbonyl (C=O) groups is 1. The van der Waals surface area contributed by atoms with Gasteiger partial charge in [0.1, 0.15) is 5.82 Å². The summed E-state index contributed by atoms with van der Waals surface area (Å²) in [7, 11) is 0. The Balaban J connectivity index is 1.44. The number of para-hydroxylation sites is 1. The summed E-state index contributed by atoms with van der Waals surface area (Å²) in [4.78, 5) is 12.8. The van der Waals surface area contributed by atoms with Gasteiger partial charge in [0.2, 0.25) is 5.91 Å². The fourth-order valence-corrected chi connectivity index (χ4v) is 5.54. The van der Waals surface area contributed by atoms with Gasteiger partial charge in [0.15, 0.2) is 5.11 Å². The first-order valence-corrected chi connectivity index (χ1v) is 8.82. The summed E-state index contributed by atoms with van der Waals surface area (Å²) in [5, 5.41) is 5.82. The van der Waals surface area contributed by atoms with E-state index in [1.54, 1.807) is 18.2 Å². The summed E-state index contributed by atoms with van der Waals surface area (Å²) in [6.45, 7) is 0. The molecule has 4 aliphatic carbocycles. The van der Waals surface area contributed by atoms with Crippen LogP contribution in [0.2, 0.25) is 0 Å². The normalized spacial score (nSPS) is 34.2. The first-order valence-electron chi connectivity index (χ1n) is 8.41. The lowest BCUT2D eigenvalue weighted by molar-refractivity contribution is -0.144. The standard InChI is InChI=1S/C18H21FN2OS/c19-14-3-1-2-4-15(14)20-17(23)21-16(22)18-8-11-5-12(9-18)7-13(6-11)10-18/h1-4,11-13H,5-10H2,(H2,20,21,22,23). The van der Waals surface area contributed by atoms with E-state index in [9.17, 15) is 9.18 Å². The van der Waals surface area contributed by atoms with E-state index < -0.39 is 0 Å². The number of anilines is 1. The molecule has 0 unspecified atom stereocenters. The molecule has 5 heteroatoms. The van der Waals surface area contributed by atoms with Crippen molar-refractivity contribution >= 4 is 28.9 Å². The van der Waals surface area contributed by atoms with Crippen LogP contribution in [-0.2, 0) is 4.79 Å². The first-order chi connectivity index (χ1) is 11.0.